The largest absolute Gasteiger partial charge is 0.496 e. The van der Waals surface area contributed by atoms with Gasteiger partial charge in [0.25, 0.3) is 5.91 Å². The second-order valence-corrected chi connectivity index (χ2v) is 17.0. The van der Waals surface area contributed by atoms with Crippen LogP contribution in [0.4, 0.5) is 0 Å². The Labute approximate surface area is 310 Å². The van der Waals surface area contributed by atoms with Crippen molar-refractivity contribution in [2.45, 2.75) is 119 Å². The van der Waals surface area contributed by atoms with Gasteiger partial charge >= 0.3 is 0 Å². The molecule has 2 aromatic rings. The van der Waals surface area contributed by atoms with Crippen molar-refractivity contribution in [3.8, 4) is 11.6 Å². The molecule has 5 atom stereocenters. The summed E-state index contributed by atoms with van der Waals surface area (Å²) in [5, 5.41) is 6.88. The first-order valence-corrected chi connectivity index (χ1v) is 20.6. The molecule has 284 valence electrons. The quantitative estimate of drug-likeness (QED) is 0.390. The highest BCUT2D eigenvalue weighted by atomic mass is 32.2. The minimum absolute atomic E-state index is 0.0445. The molecule has 2 aliphatic carbocycles. The molecule has 14 heteroatoms. The molecule has 3 N–H and O–H groups in total. The van der Waals surface area contributed by atoms with Crippen molar-refractivity contribution in [2.75, 3.05) is 13.7 Å². The summed E-state index contributed by atoms with van der Waals surface area (Å²) < 4.78 is 40.1. The van der Waals surface area contributed by atoms with E-state index in [9.17, 15) is 27.6 Å². The highest BCUT2D eigenvalue weighted by Crippen LogP contribution is 2.46. The molecule has 0 unspecified atom stereocenters. The van der Waals surface area contributed by atoms with Gasteiger partial charge in [-0.2, -0.15) is 0 Å². The highest BCUT2D eigenvalue weighted by molar-refractivity contribution is 7.91. The van der Waals surface area contributed by atoms with Crippen molar-refractivity contribution in [3.63, 3.8) is 0 Å². The lowest BCUT2D eigenvalue weighted by molar-refractivity contribution is -0.142. The van der Waals surface area contributed by atoms with Crippen molar-refractivity contribution in [3.05, 3.63) is 48.2 Å². The number of methoxy groups -OCH3 is 1. The van der Waals surface area contributed by atoms with E-state index >= 15 is 0 Å². The summed E-state index contributed by atoms with van der Waals surface area (Å²) in [6, 6.07) is 3.86. The van der Waals surface area contributed by atoms with Crippen LogP contribution in [-0.4, -0.2) is 84.6 Å². The van der Waals surface area contributed by atoms with Crippen LogP contribution < -0.4 is 24.8 Å². The number of carbonyl (C=O) groups excluding carboxylic acids is 4. The van der Waals surface area contributed by atoms with Gasteiger partial charge in [-0.3, -0.25) is 23.9 Å². The number of nitrogens with zero attached hydrogens (tertiary/aromatic N) is 2. The summed E-state index contributed by atoms with van der Waals surface area (Å²) in [6.07, 6.45) is 17.3. The van der Waals surface area contributed by atoms with Crippen LogP contribution in [0, 0.1) is 5.92 Å². The predicted molar refractivity (Wildman–Crippen MR) is 198 cm³/mol. The normalized spacial score (nSPS) is 29.9. The van der Waals surface area contributed by atoms with E-state index in [0.717, 1.165) is 54.9 Å². The standard InChI is InChI=1S/C39H49N5O8S/c1-51-33-21-25-18-19-40-36-30(25)20-26(33)12-8-4-2-7-11-15-34(45)41-31-14-10-6-3-5-9-13-27-23-39(27,38(48)43-53(49,50)29-16-17-29)42-35(46)32-22-28(52-36)24-44(32)37(31)47/h8-9,12-13,18-21,27-29,31-32H,2-7,10-11,14-17,22-24H2,1H3,(H,41,45)(H,42,46)(H,43,48)/b12-8+,13-9-/t27-,28+,31-,32-,39+/m0/s1. The third-order valence-electron chi connectivity index (χ3n) is 11.1. The summed E-state index contributed by atoms with van der Waals surface area (Å²) in [5.74, 6) is -1.30. The number of allylic oxidation sites excluding steroid dienone is 2. The molecule has 1 saturated heterocycles. The van der Waals surface area contributed by atoms with Crippen LogP contribution in [0.25, 0.3) is 16.8 Å². The Balaban J connectivity index is 1.23. The summed E-state index contributed by atoms with van der Waals surface area (Å²) in [6.45, 7) is 0.0445. The molecule has 1 aromatic carbocycles. The third kappa shape index (κ3) is 8.22. The van der Waals surface area contributed by atoms with Gasteiger partial charge in [0, 0.05) is 35.9 Å². The van der Waals surface area contributed by atoms with Crippen molar-refractivity contribution in [2.24, 2.45) is 5.92 Å². The first-order chi connectivity index (χ1) is 25.6. The molecule has 0 radical (unpaired) electrons. The van der Waals surface area contributed by atoms with E-state index in [1.807, 2.05) is 36.4 Å². The Morgan fingerprint density at radius 1 is 1.04 bits per heavy atom. The third-order valence-corrected chi connectivity index (χ3v) is 12.9. The summed E-state index contributed by atoms with van der Waals surface area (Å²) >= 11 is 0. The van der Waals surface area contributed by atoms with E-state index < -0.39 is 56.7 Å². The van der Waals surface area contributed by atoms with Gasteiger partial charge < -0.3 is 25.0 Å². The van der Waals surface area contributed by atoms with E-state index in [4.69, 9.17) is 9.47 Å². The Kier molecular flexibility index (Phi) is 10.8. The smallest absolute Gasteiger partial charge is 0.259 e. The number of ether oxygens (including phenoxy) is 2. The maximum atomic E-state index is 14.5. The van der Waals surface area contributed by atoms with Gasteiger partial charge in [-0.05, 0) is 81.4 Å². The maximum absolute atomic E-state index is 14.5. The molecule has 5 bridgehead atoms. The number of sulfonamides is 1. The number of benzene rings is 1. The zero-order chi connectivity index (χ0) is 37.2. The van der Waals surface area contributed by atoms with E-state index in [1.54, 1.807) is 13.3 Å². The van der Waals surface area contributed by atoms with E-state index in [0.29, 0.717) is 43.7 Å². The van der Waals surface area contributed by atoms with Crippen LogP contribution in [-0.2, 0) is 29.2 Å². The molecular formula is C39H49N5O8S. The number of aromatic nitrogens is 1. The number of amides is 4. The van der Waals surface area contributed by atoms with Crippen LogP contribution in [0.5, 0.6) is 11.6 Å². The average Bonchev–Trinajstić information content (AvgIpc) is 4.06. The molecule has 4 heterocycles. The molecule has 3 fully saturated rings. The van der Waals surface area contributed by atoms with Gasteiger partial charge in [-0.1, -0.05) is 43.6 Å². The van der Waals surface area contributed by atoms with Crippen LogP contribution >= 0.6 is 0 Å². The molecular weight excluding hydrogens is 699 g/mol. The fourth-order valence-electron chi connectivity index (χ4n) is 7.80. The summed E-state index contributed by atoms with van der Waals surface area (Å²) in [5.41, 5.74) is -0.616. The Hall–Kier alpha value is -4.46. The maximum Gasteiger partial charge on any atom is 0.259 e. The van der Waals surface area contributed by atoms with Gasteiger partial charge in [-0.25, -0.2) is 13.4 Å². The minimum Gasteiger partial charge on any atom is -0.496 e. The zero-order valence-electron chi connectivity index (χ0n) is 30.2. The molecule has 1 aromatic heterocycles. The van der Waals surface area contributed by atoms with Crippen molar-refractivity contribution in [1.29, 1.82) is 0 Å². The summed E-state index contributed by atoms with van der Waals surface area (Å²) in [7, 11) is -2.25. The molecule has 53 heavy (non-hydrogen) atoms. The van der Waals surface area contributed by atoms with Crippen LogP contribution in [0.3, 0.4) is 0 Å². The van der Waals surface area contributed by atoms with E-state index in [2.05, 4.69) is 26.4 Å². The number of hydrogen-bond acceptors (Lipinski definition) is 9. The molecule has 7 rings (SSSR count). The lowest BCUT2D eigenvalue weighted by atomic mass is 10.0. The van der Waals surface area contributed by atoms with Gasteiger partial charge in [0.2, 0.25) is 33.6 Å². The first kappa shape index (κ1) is 36.9. The number of carbonyl (C=O) groups is 4. The van der Waals surface area contributed by atoms with Crippen LogP contribution in [0.15, 0.2) is 42.6 Å². The zero-order valence-corrected chi connectivity index (χ0v) is 31.0. The lowest BCUT2D eigenvalue weighted by Crippen LogP contribution is -2.58. The number of pyridine rings is 1. The fraction of sp³-hybridized carbons (Fsp3) is 0.564. The predicted octanol–water partition coefficient (Wildman–Crippen LogP) is 4.06. The van der Waals surface area contributed by atoms with Crippen molar-refractivity contribution in [1.82, 2.24) is 25.2 Å². The van der Waals surface area contributed by atoms with Crippen molar-refractivity contribution < 1.29 is 37.1 Å². The molecule has 3 aliphatic heterocycles. The number of rotatable bonds is 4. The van der Waals surface area contributed by atoms with Crippen LogP contribution in [0.2, 0.25) is 0 Å². The second-order valence-electron chi connectivity index (χ2n) is 15.0. The van der Waals surface area contributed by atoms with Gasteiger partial charge in [0.1, 0.15) is 29.5 Å². The Morgan fingerprint density at radius 2 is 1.83 bits per heavy atom. The van der Waals surface area contributed by atoms with Gasteiger partial charge in [0.05, 0.1) is 18.9 Å². The average molecular weight is 748 g/mol. The molecule has 2 saturated carbocycles. The Morgan fingerprint density at radius 3 is 2.62 bits per heavy atom. The van der Waals surface area contributed by atoms with E-state index in [1.165, 1.54) is 4.90 Å². The topological polar surface area (TPSA) is 173 Å². The molecule has 5 aliphatic rings. The van der Waals surface area contributed by atoms with Crippen molar-refractivity contribution >= 4 is 50.5 Å². The van der Waals surface area contributed by atoms with Gasteiger partial charge in [-0.15, -0.1) is 0 Å². The fourth-order valence-corrected chi connectivity index (χ4v) is 9.16. The molecule has 13 nitrogen and oxygen atoms in total. The highest BCUT2D eigenvalue weighted by Gasteiger charge is 2.62. The summed E-state index contributed by atoms with van der Waals surface area (Å²) in [4.78, 5) is 61.8. The number of fused-ring (bicyclic) bond motifs is 4. The minimum atomic E-state index is -3.87. The second kappa shape index (κ2) is 15.5. The SMILES string of the molecule is COc1cc2ccnc3c2cc1/C=C/CCCCCC(=O)N[C@H]1CCCCC/C=C\[C@H]2C[C@@]2(C(=O)NS(=O)(=O)C2CC2)NC(=O)[C@@H]2C[C@H](CN2C1=O)O3. The number of nitrogens with one attached hydrogen (secondary N) is 3. The first-order valence-electron chi connectivity index (χ1n) is 19.0. The van der Waals surface area contributed by atoms with E-state index in [-0.39, 0.29) is 37.6 Å². The Bertz CT molecular complexity index is 1930. The number of hydrogen-bond donors (Lipinski definition) is 3. The van der Waals surface area contributed by atoms with Crippen LogP contribution in [0.1, 0.15) is 95.5 Å². The molecule has 4 amide bonds. The lowest BCUT2D eigenvalue weighted by Gasteiger charge is -2.30. The van der Waals surface area contributed by atoms with Gasteiger partial charge in [0.15, 0.2) is 0 Å². The molecule has 0 spiro atoms. The monoisotopic (exact) mass is 747 g/mol.